The smallest absolute Gasteiger partial charge is 0.0307 e. The Hall–Kier alpha value is -0.780. The molecule has 1 aromatic carbocycles. The number of rotatable bonds is 1. The second kappa shape index (κ2) is 12.2. The monoisotopic (exact) mass is 194 g/mol. The average Bonchev–Trinajstić information content (AvgIpc) is 2.23. The highest BCUT2D eigenvalue weighted by Crippen LogP contribution is 2.02. The van der Waals surface area contributed by atoms with Crippen molar-refractivity contribution in [1.82, 2.24) is 0 Å². The standard InChI is InChI=1S/C9H12.C3H8.C2H6/c1-3-9-6-4-8(2)5-7-9;1-3-2;1-2/h4-7H,3H2,1-2H3;3H2,1-2H3;1-2H3. The first-order chi connectivity index (χ1) is 6.74. The van der Waals surface area contributed by atoms with E-state index in [1.807, 2.05) is 13.8 Å². The highest BCUT2D eigenvalue weighted by molar-refractivity contribution is 5.20. The highest BCUT2D eigenvalue weighted by atomic mass is 13.9. The van der Waals surface area contributed by atoms with Gasteiger partial charge in [0.25, 0.3) is 0 Å². The van der Waals surface area contributed by atoms with Gasteiger partial charge in [-0.1, -0.05) is 70.9 Å². The summed E-state index contributed by atoms with van der Waals surface area (Å²) in [6.07, 6.45) is 2.39. The van der Waals surface area contributed by atoms with Gasteiger partial charge in [0.1, 0.15) is 0 Å². The molecule has 0 saturated heterocycles. The highest BCUT2D eigenvalue weighted by Gasteiger charge is 1.84. The van der Waals surface area contributed by atoms with Crippen LogP contribution in [0.4, 0.5) is 0 Å². The minimum absolute atomic E-state index is 1.14. The zero-order valence-electron chi connectivity index (χ0n) is 10.7. The first kappa shape index (κ1) is 15.7. The summed E-state index contributed by atoms with van der Waals surface area (Å²) in [5, 5.41) is 0. The molecule has 0 unspecified atom stereocenters. The van der Waals surface area contributed by atoms with Crippen molar-refractivity contribution in [3.8, 4) is 0 Å². The summed E-state index contributed by atoms with van der Waals surface area (Å²) in [6.45, 7) is 12.5. The zero-order chi connectivity index (χ0) is 11.4. The van der Waals surface area contributed by atoms with Crippen molar-refractivity contribution in [3.05, 3.63) is 35.4 Å². The molecular formula is C14H26. The van der Waals surface area contributed by atoms with E-state index in [-0.39, 0.29) is 0 Å². The van der Waals surface area contributed by atoms with Crippen LogP contribution < -0.4 is 0 Å². The van der Waals surface area contributed by atoms with Gasteiger partial charge in [-0.25, -0.2) is 0 Å². The van der Waals surface area contributed by atoms with Crippen LogP contribution in [-0.2, 0) is 6.42 Å². The van der Waals surface area contributed by atoms with Gasteiger partial charge < -0.3 is 0 Å². The van der Waals surface area contributed by atoms with Crippen LogP contribution in [0.3, 0.4) is 0 Å². The van der Waals surface area contributed by atoms with Crippen LogP contribution in [0.15, 0.2) is 24.3 Å². The Balaban J connectivity index is 0. The van der Waals surface area contributed by atoms with Crippen LogP contribution in [0.5, 0.6) is 0 Å². The lowest BCUT2D eigenvalue weighted by Crippen LogP contribution is -1.77. The van der Waals surface area contributed by atoms with Crippen molar-refractivity contribution >= 4 is 0 Å². The lowest BCUT2D eigenvalue weighted by atomic mass is 10.1. The van der Waals surface area contributed by atoms with Gasteiger partial charge in [0, 0.05) is 0 Å². The third-order valence-corrected chi connectivity index (χ3v) is 1.53. The second-order valence-electron chi connectivity index (χ2n) is 3.05. The topological polar surface area (TPSA) is 0 Å². The SMILES string of the molecule is CC.CCC.CCc1ccc(C)cc1. The number of hydrogen-bond acceptors (Lipinski definition) is 0. The van der Waals surface area contributed by atoms with Gasteiger partial charge in [-0.05, 0) is 18.9 Å². The first-order valence-corrected chi connectivity index (χ1v) is 5.80. The van der Waals surface area contributed by atoms with E-state index in [1.165, 1.54) is 17.5 Å². The molecule has 0 nitrogen and oxygen atoms in total. The second-order valence-corrected chi connectivity index (χ2v) is 3.05. The molecule has 0 aliphatic rings. The lowest BCUT2D eigenvalue weighted by Gasteiger charge is -1.94. The number of hydrogen-bond donors (Lipinski definition) is 0. The molecule has 82 valence electrons. The normalized spacial score (nSPS) is 7.86. The van der Waals surface area contributed by atoms with E-state index in [0.29, 0.717) is 0 Å². The van der Waals surface area contributed by atoms with Gasteiger partial charge in [-0.3, -0.25) is 0 Å². The van der Waals surface area contributed by atoms with Gasteiger partial charge in [-0.2, -0.15) is 0 Å². The summed E-state index contributed by atoms with van der Waals surface area (Å²) in [5.41, 5.74) is 2.76. The largest absolute Gasteiger partial charge is 0.0683 e. The van der Waals surface area contributed by atoms with Crippen LogP contribution in [0.1, 0.15) is 52.2 Å². The molecule has 0 N–H and O–H groups in total. The molecule has 0 fully saturated rings. The van der Waals surface area contributed by atoms with Crippen molar-refractivity contribution < 1.29 is 0 Å². The maximum Gasteiger partial charge on any atom is -0.0307 e. The van der Waals surface area contributed by atoms with Crippen LogP contribution in [0, 0.1) is 6.92 Å². The summed E-state index contributed by atoms with van der Waals surface area (Å²) < 4.78 is 0. The fourth-order valence-electron chi connectivity index (χ4n) is 0.824. The molecule has 0 spiro atoms. The molecule has 0 aromatic heterocycles. The van der Waals surface area contributed by atoms with Crippen molar-refractivity contribution in [2.45, 2.75) is 54.4 Å². The molecule has 0 saturated carbocycles. The molecule has 14 heavy (non-hydrogen) atoms. The van der Waals surface area contributed by atoms with E-state index in [0.717, 1.165) is 6.42 Å². The quantitative estimate of drug-likeness (QED) is 0.590. The minimum atomic E-state index is 1.14. The van der Waals surface area contributed by atoms with Gasteiger partial charge >= 0.3 is 0 Å². The van der Waals surface area contributed by atoms with Crippen molar-refractivity contribution in [1.29, 1.82) is 0 Å². The number of aryl methyl sites for hydroxylation is 2. The Kier molecular flexibility index (Phi) is 13.7. The number of benzene rings is 1. The van der Waals surface area contributed by atoms with Crippen molar-refractivity contribution in [3.63, 3.8) is 0 Å². The molecule has 0 radical (unpaired) electrons. The summed E-state index contributed by atoms with van der Waals surface area (Å²) in [7, 11) is 0. The van der Waals surface area contributed by atoms with Crippen molar-refractivity contribution in [2.24, 2.45) is 0 Å². The summed E-state index contributed by atoms with van der Waals surface area (Å²) >= 11 is 0. The molecule has 1 rings (SSSR count). The fourth-order valence-corrected chi connectivity index (χ4v) is 0.824. The molecule has 1 aromatic rings. The van der Waals surface area contributed by atoms with Crippen LogP contribution in [0.2, 0.25) is 0 Å². The first-order valence-electron chi connectivity index (χ1n) is 5.80. The van der Waals surface area contributed by atoms with Gasteiger partial charge in [-0.15, -0.1) is 0 Å². The van der Waals surface area contributed by atoms with Crippen molar-refractivity contribution in [2.75, 3.05) is 0 Å². The summed E-state index contributed by atoms with van der Waals surface area (Å²) in [5.74, 6) is 0. The maximum absolute atomic E-state index is 2.18. The van der Waals surface area contributed by atoms with Gasteiger partial charge in [0.15, 0.2) is 0 Å². The molecule has 0 aliphatic carbocycles. The Morgan fingerprint density at radius 1 is 0.857 bits per heavy atom. The average molecular weight is 194 g/mol. The maximum atomic E-state index is 2.18. The predicted octanol–water partition coefficient (Wildman–Crippen LogP) is 5.00. The molecule has 0 bridgehead atoms. The van der Waals surface area contributed by atoms with Gasteiger partial charge in [0.2, 0.25) is 0 Å². The Bertz CT molecular complexity index is 184. The molecular weight excluding hydrogens is 168 g/mol. The van der Waals surface area contributed by atoms with E-state index in [9.17, 15) is 0 Å². The van der Waals surface area contributed by atoms with E-state index in [1.54, 1.807) is 0 Å². The van der Waals surface area contributed by atoms with Crippen LogP contribution in [0.25, 0.3) is 0 Å². The molecule has 0 atom stereocenters. The molecule has 0 amide bonds. The molecule has 0 heterocycles. The fraction of sp³-hybridized carbons (Fsp3) is 0.571. The molecule has 0 heteroatoms. The van der Waals surface area contributed by atoms with E-state index >= 15 is 0 Å². The third kappa shape index (κ3) is 9.31. The third-order valence-electron chi connectivity index (χ3n) is 1.53. The Labute approximate surface area is 90.4 Å². The van der Waals surface area contributed by atoms with Crippen LogP contribution in [-0.4, -0.2) is 0 Å². The molecule has 0 aliphatic heterocycles. The Morgan fingerprint density at radius 2 is 1.21 bits per heavy atom. The predicted molar refractivity (Wildman–Crippen MR) is 67.9 cm³/mol. The van der Waals surface area contributed by atoms with E-state index < -0.39 is 0 Å². The minimum Gasteiger partial charge on any atom is -0.0683 e. The van der Waals surface area contributed by atoms with Gasteiger partial charge in [0.05, 0.1) is 0 Å². The summed E-state index contributed by atoms with van der Waals surface area (Å²) in [6, 6.07) is 8.66. The summed E-state index contributed by atoms with van der Waals surface area (Å²) in [4.78, 5) is 0. The zero-order valence-corrected chi connectivity index (χ0v) is 10.7. The van der Waals surface area contributed by atoms with Crippen LogP contribution >= 0.6 is 0 Å². The van der Waals surface area contributed by atoms with E-state index in [4.69, 9.17) is 0 Å². The Morgan fingerprint density at radius 3 is 1.50 bits per heavy atom. The lowest BCUT2D eigenvalue weighted by molar-refractivity contribution is 1.09. The van der Waals surface area contributed by atoms with E-state index in [2.05, 4.69) is 52.0 Å².